The summed E-state index contributed by atoms with van der Waals surface area (Å²) in [6, 6.07) is 5.84. The van der Waals surface area contributed by atoms with E-state index in [4.69, 9.17) is 9.15 Å². The van der Waals surface area contributed by atoms with Gasteiger partial charge in [-0.05, 0) is 55.5 Å². The molecule has 0 saturated carbocycles. The van der Waals surface area contributed by atoms with Gasteiger partial charge in [0.2, 0.25) is 0 Å². The minimum Gasteiger partial charge on any atom is -0.423 e. The lowest BCUT2D eigenvalue weighted by Crippen LogP contribution is -2.44. The lowest BCUT2D eigenvalue weighted by Gasteiger charge is -2.35. The minimum absolute atomic E-state index is 0.216. The van der Waals surface area contributed by atoms with Crippen LogP contribution in [0.1, 0.15) is 50.3 Å². The van der Waals surface area contributed by atoms with Crippen LogP contribution in [0.2, 0.25) is 0 Å². The first-order chi connectivity index (χ1) is 11.3. The van der Waals surface area contributed by atoms with Gasteiger partial charge in [-0.2, -0.15) is 0 Å². The average Bonchev–Trinajstić information content (AvgIpc) is 2.44. The molecule has 0 amide bonds. The maximum atomic E-state index is 12.0. The molecule has 1 aromatic heterocycles. The van der Waals surface area contributed by atoms with Crippen molar-refractivity contribution in [3.8, 4) is 0 Å². The normalized spacial score (nSPS) is 22.4. The Morgan fingerprint density at radius 1 is 1.17 bits per heavy atom. The summed E-state index contributed by atoms with van der Waals surface area (Å²) in [5.74, 6) is 0.442. The molecule has 4 heteroatoms. The molecule has 2 aromatic rings. The lowest BCUT2D eigenvalue weighted by atomic mass is 9.94. The van der Waals surface area contributed by atoms with Crippen LogP contribution in [0.5, 0.6) is 0 Å². The third-order valence-corrected chi connectivity index (χ3v) is 4.73. The predicted octanol–water partition coefficient (Wildman–Crippen LogP) is 3.83. The Kier molecular flexibility index (Phi) is 4.79. The van der Waals surface area contributed by atoms with E-state index in [0.717, 1.165) is 30.6 Å². The molecular formula is C20H27NO3. The number of hydrogen-bond acceptors (Lipinski definition) is 4. The van der Waals surface area contributed by atoms with Crippen LogP contribution in [-0.4, -0.2) is 30.2 Å². The van der Waals surface area contributed by atoms with E-state index in [0.29, 0.717) is 11.5 Å². The van der Waals surface area contributed by atoms with Crippen LogP contribution in [0.3, 0.4) is 0 Å². The zero-order valence-corrected chi connectivity index (χ0v) is 15.3. The van der Waals surface area contributed by atoms with E-state index in [-0.39, 0.29) is 17.8 Å². The van der Waals surface area contributed by atoms with Gasteiger partial charge in [0, 0.05) is 31.1 Å². The van der Waals surface area contributed by atoms with E-state index in [1.54, 1.807) is 6.07 Å². The van der Waals surface area contributed by atoms with Crippen LogP contribution in [0.4, 0.5) is 0 Å². The van der Waals surface area contributed by atoms with E-state index < -0.39 is 0 Å². The number of morpholine rings is 1. The van der Waals surface area contributed by atoms with Gasteiger partial charge in [-0.25, -0.2) is 4.79 Å². The Balaban J connectivity index is 2.03. The first kappa shape index (κ1) is 17.2. The van der Waals surface area contributed by atoms with E-state index in [9.17, 15) is 4.79 Å². The number of benzene rings is 1. The van der Waals surface area contributed by atoms with Crippen molar-refractivity contribution in [2.75, 3.05) is 13.1 Å². The summed E-state index contributed by atoms with van der Waals surface area (Å²) >= 11 is 0. The zero-order valence-electron chi connectivity index (χ0n) is 15.3. The van der Waals surface area contributed by atoms with Crippen molar-refractivity contribution in [3.63, 3.8) is 0 Å². The molecule has 2 atom stereocenters. The fraction of sp³-hybridized carbons (Fsp3) is 0.550. The Bertz CT molecular complexity index is 783. The summed E-state index contributed by atoms with van der Waals surface area (Å²) in [5, 5.41) is 1.05. The number of ether oxygens (including phenoxy) is 1. The van der Waals surface area contributed by atoms with Gasteiger partial charge in [0.15, 0.2) is 0 Å². The maximum Gasteiger partial charge on any atom is 0.336 e. The molecule has 0 aliphatic carbocycles. The molecule has 1 aromatic carbocycles. The van der Waals surface area contributed by atoms with Gasteiger partial charge in [0.05, 0.1) is 12.2 Å². The van der Waals surface area contributed by atoms with Crippen molar-refractivity contribution >= 4 is 11.0 Å². The van der Waals surface area contributed by atoms with Crippen LogP contribution >= 0.6 is 0 Å². The quantitative estimate of drug-likeness (QED) is 0.803. The highest BCUT2D eigenvalue weighted by atomic mass is 16.5. The van der Waals surface area contributed by atoms with Gasteiger partial charge in [-0.1, -0.05) is 13.8 Å². The summed E-state index contributed by atoms with van der Waals surface area (Å²) in [6.45, 7) is 13.2. The van der Waals surface area contributed by atoms with Gasteiger partial charge < -0.3 is 9.15 Å². The molecule has 0 spiro atoms. The molecule has 0 radical (unpaired) electrons. The van der Waals surface area contributed by atoms with Crippen molar-refractivity contribution in [2.24, 2.45) is 0 Å². The predicted molar refractivity (Wildman–Crippen MR) is 96.6 cm³/mol. The van der Waals surface area contributed by atoms with E-state index in [1.165, 1.54) is 11.1 Å². The summed E-state index contributed by atoms with van der Waals surface area (Å²) in [6.07, 6.45) is 0.433. The zero-order chi connectivity index (χ0) is 17.4. The molecule has 24 heavy (non-hydrogen) atoms. The molecule has 4 nitrogen and oxygen atoms in total. The SMILES string of the molecule is Cc1cc2oc(=O)cc(CN3C[C@@H](C)O[C@H](C)C3)c2cc1C(C)C. The first-order valence-corrected chi connectivity index (χ1v) is 8.78. The van der Waals surface area contributed by atoms with Crippen molar-refractivity contribution < 1.29 is 9.15 Å². The molecule has 1 fully saturated rings. The van der Waals surface area contributed by atoms with Crippen LogP contribution in [-0.2, 0) is 11.3 Å². The standard InChI is InChI=1S/C20H27NO3/c1-12(2)17-8-18-16(7-20(22)24-19(18)6-13(17)3)11-21-9-14(4)23-15(5)10-21/h6-8,12,14-15H,9-11H2,1-5H3/t14-,15-/m1/s1. The summed E-state index contributed by atoms with van der Waals surface area (Å²) in [4.78, 5) is 14.4. The van der Waals surface area contributed by atoms with Crippen LogP contribution < -0.4 is 5.63 Å². The molecule has 1 aliphatic rings. The highest BCUT2D eigenvalue weighted by molar-refractivity contribution is 5.82. The summed E-state index contributed by atoms with van der Waals surface area (Å²) in [7, 11) is 0. The van der Waals surface area contributed by atoms with Gasteiger partial charge in [-0.3, -0.25) is 4.90 Å². The molecule has 2 heterocycles. The van der Waals surface area contributed by atoms with Crippen molar-refractivity contribution in [2.45, 2.75) is 59.3 Å². The highest BCUT2D eigenvalue weighted by Crippen LogP contribution is 2.28. The third kappa shape index (κ3) is 3.55. The fourth-order valence-corrected chi connectivity index (χ4v) is 3.80. The van der Waals surface area contributed by atoms with E-state index in [1.807, 2.05) is 6.07 Å². The monoisotopic (exact) mass is 329 g/mol. The van der Waals surface area contributed by atoms with Crippen LogP contribution in [0.25, 0.3) is 11.0 Å². The number of fused-ring (bicyclic) bond motifs is 1. The number of nitrogens with zero attached hydrogens (tertiary/aromatic N) is 1. The van der Waals surface area contributed by atoms with E-state index in [2.05, 4.69) is 45.6 Å². The Morgan fingerprint density at radius 2 is 1.83 bits per heavy atom. The molecule has 1 saturated heterocycles. The van der Waals surface area contributed by atoms with Crippen LogP contribution in [0.15, 0.2) is 27.4 Å². The Morgan fingerprint density at radius 3 is 2.46 bits per heavy atom. The highest BCUT2D eigenvalue weighted by Gasteiger charge is 2.23. The Hall–Kier alpha value is -1.65. The molecule has 0 bridgehead atoms. The second kappa shape index (κ2) is 6.69. The lowest BCUT2D eigenvalue weighted by molar-refractivity contribution is -0.0704. The molecule has 3 rings (SSSR count). The van der Waals surface area contributed by atoms with Crippen molar-refractivity contribution in [1.82, 2.24) is 4.90 Å². The average molecular weight is 329 g/mol. The van der Waals surface area contributed by atoms with Gasteiger partial charge in [0.25, 0.3) is 0 Å². The van der Waals surface area contributed by atoms with E-state index >= 15 is 0 Å². The van der Waals surface area contributed by atoms with Gasteiger partial charge in [0.1, 0.15) is 5.58 Å². The maximum absolute atomic E-state index is 12.0. The topological polar surface area (TPSA) is 42.7 Å². The third-order valence-electron chi connectivity index (χ3n) is 4.73. The minimum atomic E-state index is -0.274. The molecule has 0 unspecified atom stereocenters. The largest absolute Gasteiger partial charge is 0.423 e. The van der Waals surface area contributed by atoms with Crippen molar-refractivity contribution in [3.05, 3.63) is 45.3 Å². The Labute approximate surface area is 143 Å². The molecule has 130 valence electrons. The molecule has 1 aliphatic heterocycles. The second-order valence-corrected chi connectivity index (χ2v) is 7.40. The summed E-state index contributed by atoms with van der Waals surface area (Å²) < 4.78 is 11.3. The number of aryl methyl sites for hydroxylation is 1. The number of hydrogen-bond donors (Lipinski definition) is 0. The van der Waals surface area contributed by atoms with Crippen LogP contribution in [0, 0.1) is 6.92 Å². The van der Waals surface area contributed by atoms with Gasteiger partial charge >= 0.3 is 5.63 Å². The molecular weight excluding hydrogens is 302 g/mol. The fourth-order valence-electron chi connectivity index (χ4n) is 3.80. The molecule has 0 N–H and O–H groups in total. The van der Waals surface area contributed by atoms with Crippen molar-refractivity contribution in [1.29, 1.82) is 0 Å². The summed E-state index contributed by atoms with van der Waals surface area (Å²) in [5.41, 5.74) is 3.94. The first-order valence-electron chi connectivity index (χ1n) is 8.78. The number of rotatable bonds is 3. The second-order valence-electron chi connectivity index (χ2n) is 7.40. The van der Waals surface area contributed by atoms with Gasteiger partial charge in [-0.15, -0.1) is 0 Å². The smallest absolute Gasteiger partial charge is 0.336 e.